The summed E-state index contributed by atoms with van der Waals surface area (Å²) >= 11 is 0. The highest BCUT2D eigenvalue weighted by Gasteiger charge is 2.35. The normalized spacial score (nSPS) is 17.3. The summed E-state index contributed by atoms with van der Waals surface area (Å²) in [7, 11) is 1.91. The minimum atomic E-state index is -0.972. The standard InChI is InChI=1S/C41H46F2N8O2/c1-5-27-12-10-13-28-14-11-16-31(35(27)28)32-17-18-33-37(36(32)43)47-40(53-26-41(45,6-2)49(4)7-3)48-38(33)50-22-23-51(30(25-50)19-20-44)39(52)34(42)24-29-15-8-9-21-46-29/h8-9,11-12,14-18,21,24,30H,5-7,10,13,19,22-23,25-26,45H2,1-4H3/b34-24-. The van der Waals surface area contributed by atoms with Crippen molar-refractivity contribution in [1.29, 1.82) is 5.26 Å². The van der Waals surface area contributed by atoms with E-state index in [0.717, 1.165) is 36.5 Å². The van der Waals surface area contributed by atoms with Crippen LogP contribution in [0.3, 0.4) is 0 Å². The van der Waals surface area contributed by atoms with Crippen LogP contribution in [0.5, 0.6) is 6.01 Å². The van der Waals surface area contributed by atoms with Gasteiger partial charge in [-0.1, -0.05) is 57.2 Å². The minimum absolute atomic E-state index is 0.0414. The van der Waals surface area contributed by atoms with Gasteiger partial charge in [-0.3, -0.25) is 14.7 Å². The largest absolute Gasteiger partial charge is 0.460 e. The fraction of sp³-hybridized carbons (Fsp3) is 0.390. The number of carbonyl (C=O) groups is 1. The summed E-state index contributed by atoms with van der Waals surface area (Å²) in [6.45, 7) is 7.31. The molecule has 2 aromatic heterocycles. The van der Waals surface area contributed by atoms with Gasteiger partial charge in [0, 0.05) is 42.9 Å². The second-order valence-corrected chi connectivity index (χ2v) is 13.6. The second-order valence-electron chi connectivity index (χ2n) is 13.6. The molecule has 1 aliphatic heterocycles. The van der Waals surface area contributed by atoms with E-state index in [1.165, 1.54) is 22.2 Å². The third kappa shape index (κ3) is 7.63. The average molecular weight is 721 g/mol. The highest BCUT2D eigenvalue weighted by molar-refractivity contribution is 5.97. The van der Waals surface area contributed by atoms with Crippen LogP contribution in [-0.4, -0.2) is 82.2 Å². The lowest BCUT2D eigenvalue weighted by atomic mass is 9.83. The number of aryl methyl sites for hydroxylation is 1. The van der Waals surface area contributed by atoms with E-state index in [1.807, 2.05) is 48.9 Å². The van der Waals surface area contributed by atoms with Crippen LogP contribution >= 0.6 is 0 Å². The smallest absolute Gasteiger partial charge is 0.319 e. The number of rotatable bonds is 12. The van der Waals surface area contributed by atoms with E-state index < -0.39 is 29.3 Å². The Morgan fingerprint density at radius 3 is 2.68 bits per heavy atom. The molecule has 1 aliphatic carbocycles. The van der Waals surface area contributed by atoms with Crippen molar-refractivity contribution in [2.75, 3.05) is 44.7 Å². The Labute approximate surface area is 309 Å². The van der Waals surface area contributed by atoms with Gasteiger partial charge in [0.15, 0.2) is 11.6 Å². The summed E-state index contributed by atoms with van der Waals surface area (Å²) in [5, 5.41) is 10.2. The highest BCUT2D eigenvalue weighted by Crippen LogP contribution is 2.40. The van der Waals surface area contributed by atoms with Crippen molar-refractivity contribution in [3.05, 3.63) is 89.3 Å². The highest BCUT2D eigenvalue weighted by atomic mass is 19.1. The number of allylic oxidation sites excluding steroid dienone is 2. The van der Waals surface area contributed by atoms with Crippen LogP contribution in [0.15, 0.2) is 66.6 Å². The molecule has 0 saturated carbocycles. The van der Waals surface area contributed by atoms with E-state index in [4.69, 9.17) is 15.5 Å². The molecular formula is C41H46F2N8O2. The molecule has 12 heteroatoms. The van der Waals surface area contributed by atoms with E-state index in [1.54, 1.807) is 24.3 Å². The van der Waals surface area contributed by atoms with Crippen molar-refractivity contribution in [1.82, 2.24) is 24.8 Å². The monoisotopic (exact) mass is 720 g/mol. The molecule has 0 bridgehead atoms. The van der Waals surface area contributed by atoms with Gasteiger partial charge in [0.05, 0.1) is 24.2 Å². The Hall–Kier alpha value is -5.25. The van der Waals surface area contributed by atoms with Gasteiger partial charge in [-0.05, 0) is 79.7 Å². The van der Waals surface area contributed by atoms with Crippen molar-refractivity contribution < 1.29 is 18.3 Å². The lowest BCUT2D eigenvalue weighted by Gasteiger charge is -2.41. The maximum Gasteiger partial charge on any atom is 0.319 e. The molecular weight excluding hydrogens is 675 g/mol. The number of ether oxygens (including phenoxy) is 1. The van der Waals surface area contributed by atoms with Crippen molar-refractivity contribution in [3.63, 3.8) is 0 Å². The van der Waals surface area contributed by atoms with E-state index in [-0.39, 0.29) is 44.2 Å². The zero-order chi connectivity index (χ0) is 37.7. The van der Waals surface area contributed by atoms with Crippen LogP contribution in [0.4, 0.5) is 14.6 Å². The summed E-state index contributed by atoms with van der Waals surface area (Å²) in [6.07, 6.45) is 8.04. The van der Waals surface area contributed by atoms with E-state index in [9.17, 15) is 10.1 Å². The fourth-order valence-electron chi connectivity index (χ4n) is 7.25. The Morgan fingerprint density at radius 2 is 1.96 bits per heavy atom. The molecule has 53 heavy (non-hydrogen) atoms. The van der Waals surface area contributed by atoms with E-state index in [0.29, 0.717) is 35.4 Å². The molecule has 6 rings (SSSR count). The molecule has 1 fully saturated rings. The van der Waals surface area contributed by atoms with Crippen LogP contribution in [0.25, 0.3) is 33.7 Å². The van der Waals surface area contributed by atoms with Gasteiger partial charge >= 0.3 is 6.01 Å². The number of nitrogens with two attached hydrogens (primary N) is 1. The predicted octanol–water partition coefficient (Wildman–Crippen LogP) is 6.91. The molecule has 2 N–H and O–H groups in total. The molecule has 2 aromatic carbocycles. The number of carbonyl (C=O) groups excluding carboxylic acids is 1. The Bertz CT molecular complexity index is 2080. The van der Waals surface area contributed by atoms with Crippen molar-refractivity contribution >= 4 is 34.3 Å². The molecule has 10 nitrogen and oxygen atoms in total. The molecule has 4 aromatic rings. The molecule has 2 unspecified atom stereocenters. The third-order valence-corrected chi connectivity index (χ3v) is 10.5. The van der Waals surface area contributed by atoms with E-state index in [2.05, 4.69) is 35.1 Å². The number of hydrogen-bond acceptors (Lipinski definition) is 9. The average Bonchev–Trinajstić information content (AvgIpc) is 3.19. The van der Waals surface area contributed by atoms with E-state index >= 15 is 8.78 Å². The van der Waals surface area contributed by atoms with Crippen LogP contribution in [0.2, 0.25) is 0 Å². The first-order valence-electron chi connectivity index (χ1n) is 18.3. The fourth-order valence-corrected chi connectivity index (χ4v) is 7.25. The molecule has 0 spiro atoms. The molecule has 0 radical (unpaired) electrons. The third-order valence-electron chi connectivity index (χ3n) is 10.5. The number of piperazine rings is 1. The minimum Gasteiger partial charge on any atom is -0.460 e. The molecule has 276 valence electrons. The number of hydrogen-bond donors (Lipinski definition) is 1. The second kappa shape index (κ2) is 16.2. The molecule has 2 atom stereocenters. The van der Waals surface area contributed by atoms with Gasteiger partial charge < -0.3 is 20.3 Å². The molecule has 1 amide bonds. The van der Waals surface area contributed by atoms with Gasteiger partial charge in [0.2, 0.25) is 0 Å². The number of halogens is 2. The number of fused-ring (bicyclic) bond motifs is 2. The molecule has 2 aliphatic rings. The first-order valence-corrected chi connectivity index (χ1v) is 18.3. The Kier molecular flexibility index (Phi) is 11.5. The van der Waals surface area contributed by atoms with Gasteiger partial charge in [0.25, 0.3) is 5.91 Å². The predicted molar refractivity (Wildman–Crippen MR) is 204 cm³/mol. The lowest BCUT2D eigenvalue weighted by molar-refractivity contribution is -0.131. The molecule has 1 saturated heterocycles. The maximum atomic E-state index is 17.1. The lowest BCUT2D eigenvalue weighted by Crippen LogP contribution is -2.58. The van der Waals surface area contributed by atoms with Crippen LogP contribution < -0.4 is 15.4 Å². The maximum absolute atomic E-state index is 17.1. The summed E-state index contributed by atoms with van der Waals surface area (Å²) in [6, 6.07) is 16.0. The van der Waals surface area contributed by atoms with Gasteiger partial charge in [-0.25, -0.2) is 8.78 Å². The summed E-state index contributed by atoms with van der Waals surface area (Å²) < 4.78 is 38.5. The topological polar surface area (TPSA) is 124 Å². The van der Waals surface area contributed by atoms with Crippen LogP contribution in [0.1, 0.15) is 63.3 Å². The Morgan fingerprint density at radius 1 is 1.13 bits per heavy atom. The van der Waals surface area contributed by atoms with Crippen molar-refractivity contribution in [3.8, 4) is 23.2 Å². The van der Waals surface area contributed by atoms with Crippen LogP contribution in [-0.2, 0) is 11.2 Å². The summed E-state index contributed by atoms with van der Waals surface area (Å²) in [5.74, 6) is -1.91. The number of pyridine rings is 1. The number of aromatic nitrogens is 3. The zero-order valence-corrected chi connectivity index (χ0v) is 30.8. The number of nitriles is 1. The van der Waals surface area contributed by atoms with Crippen molar-refractivity contribution in [2.24, 2.45) is 5.73 Å². The van der Waals surface area contributed by atoms with Crippen LogP contribution in [0, 0.1) is 17.1 Å². The SMILES string of the molecule is CCC1=CCCc2cccc(-c3ccc4c(N5CCN(C(=O)/C(F)=C/c6ccccn6)C(CC#N)C5)nc(OCC(N)(CC)N(C)CC)nc4c3F)c21. The summed E-state index contributed by atoms with van der Waals surface area (Å²) in [5.41, 5.74) is 11.0. The Balaban J connectivity index is 1.41. The number of likely N-dealkylation sites (N-methyl/N-ethyl adjacent to an activating group) is 1. The molecule has 3 heterocycles. The first kappa shape index (κ1) is 37.5. The van der Waals surface area contributed by atoms with Gasteiger partial charge in [-0.2, -0.15) is 15.2 Å². The number of nitrogens with zero attached hydrogens (tertiary/aromatic N) is 7. The number of benzene rings is 2. The van der Waals surface area contributed by atoms with Gasteiger partial charge in [0.1, 0.15) is 23.6 Å². The van der Waals surface area contributed by atoms with Crippen molar-refractivity contribution in [2.45, 2.75) is 64.6 Å². The summed E-state index contributed by atoms with van der Waals surface area (Å²) in [4.78, 5) is 32.1. The first-order chi connectivity index (χ1) is 25.6. The zero-order valence-electron chi connectivity index (χ0n) is 30.8. The van der Waals surface area contributed by atoms with Gasteiger partial charge in [-0.15, -0.1) is 0 Å². The number of amides is 1. The quantitative estimate of drug-likeness (QED) is 0.123. The number of anilines is 1.